The van der Waals surface area contributed by atoms with E-state index >= 15 is 0 Å². The third kappa shape index (κ3) is 7.20. The second kappa shape index (κ2) is 13.4. The summed E-state index contributed by atoms with van der Waals surface area (Å²) in [6, 6.07) is 14.8. The van der Waals surface area contributed by atoms with Crippen LogP contribution in [0.2, 0.25) is 0 Å². The van der Waals surface area contributed by atoms with Crippen molar-refractivity contribution in [2.24, 2.45) is 5.73 Å². The summed E-state index contributed by atoms with van der Waals surface area (Å²) in [6.45, 7) is 6.71. The van der Waals surface area contributed by atoms with Crippen molar-refractivity contribution in [1.29, 1.82) is 0 Å². The fraction of sp³-hybridized carbons (Fsp3) is 0.345. The van der Waals surface area contributed by atoms with Gasteiger partial charge in [-0.05, 0) is 54.7 Å². The Morgan fingerprint density at radius 3 is 2.24 bits per heavy atom. The van der Waals surface area contributed by atoms with Crippen LogP contribution in [0.4, 0.5) is 9.80 Å². The van der Waals surface area contributed by atoms with Crippen LogP contribution in [-0.4, -0.2) is 55.1 Å². The van der Waals surface area contributed by atoms with E-state index in [0.29, 0.717) is 50.4 Å². The molecule has 3 aromatic rings. The van der Waals surface area contributed by atoms with Crippen LogP contribution in [0.1, 0.15) is 63.4 Å². The first-order chi connectivity index (χ1) is 19.6. The largest absolute Gasteiger partial charge is 0.351 e. The monoisotopic (exact) mass is 597 g/mol. The van der Waals surface area contributed by atoms with Crippen LogP contribution in [0, 0.1) is 0 Å². The number of nitrogens with two attached hydrogens (primary N) is 1. The molecule has 4 rings (SSSR count). The number of thiophene rings is 1. The van der Waals surface area contributed by atoms with Crippen molar-refractivity contribution in [2.75, 3.05) is 25.0 Å². The lowest BCUT2D eigenvalue weighted by atomic mass is 10.0. The van der Waals surface area contributed by atoms with Crippen LogP contribution in [0.5, 0.6) is 0 Å². The van der Waals surface area contributed by atoms with Gasteiger partial charge in [0.25, 0.3) is 11.8 Å². The average molecular weight is 598 g/mol. The minimum absolute atomic E-state index is 0.113. The van der Waals surface area contributed by atoms with Crippen LogP contribution in [0.3, 0.4) is 0 Å². The van der Waals surface area contributed by atoms with Gasteiger partial charge in [-0.2, -0.15) is 4.31 Å². The van der Waals surface area contributed by atoms with Gasteiger partial charge < -0.3 is 11.1 Å². The highest BCUT2D eigenvalue weighted by Crippen LogP contribution is 2.38. The standard InChI is InChI=1S/C29H35N5O5S2/c1-3-15-34(16-4-2)41(38,39)22-12-10-21(11-13-22)26(35)31-28-25(27(36)32-29(30)37)23-14-17-33(19-24(23)40-28)18-20-8-6-5-7-9-20/h5-13H,3-4,14-19H2,1-2H3,(H,31,35)(H3,30,32,36,37). The van der Waals surface area contributed by atoms with Gasteiger partial charge in [-0.3, -0.25) is 19.8 Å². The Hall–Kier alpha value is -3.58. The summed E-state index contributed by atoms with van der Waals surface area (Å²) in [5, 5.41) is 5.25. The van der Waals surface area contributed by atoms with E-state index in [1.807, 2.05) is 32.0 Å². The average Bonchev–Trinajstić information content (AvgIpc) is 3.30. The maximum absolute atomic E-state index is 13.2. The molecule has 0 saturated heterocycles. The van der Waals surface area contributed by atoms with E-state index < -0.39 is 27.9 Å². The maximum atomic E-state index is 13.2. The molecule has 1 aliphatic heterocycles. The summed E-state index contributed by atoms with van der Waals surface area (Å²) in [5.74, 6) is -1.17. The molecule has 0 spiro atoms. The van der Waals surface area contributed by atoms with Crippen molar-refractivity contribution in [2.45, 2.75) is 51.1 Å². The number of fused-ring (bicyclic) bond motifs is 1. The number of hydrogen-bond acceptors (Lipinski definition) is 7. The number of nitrogens with zero attached hydrogens (tertiary/aromatic N) is 2. The van der Waals surface area contributed by atoms with Crippen molar-refractivity contribution in [3.05, 3.63) is 81.7 Å². The first-order valence-corrected chi connectivity index (χ1v) is 15.8. The van der Waals surface area contributed by atoms with E-state index in [-0.39, 0.29) is 16.0 Å². The maximum Gasteiger partial charge on any atom is 0.319 e. The number of primary amides is 1. The Balaban J connectivity index is 1.56. The van der Waals surface area contributed by atoms with Crippen molar-refractivity contribution >= 4 is 44.2 Å². The van der Waals surface area contributed by atoms with Crippen molar-refractivity contribution < 1.29 is 22.8 Å². The molecule has 2 aromatic carbocycles. The summed E-state index contributed by atoms with van der Waals surface area (Å²) >= 11 is 1.29. The molecule has 2 heterocycles. The van der Waals surface area contributed by atoms with E-state index in [2.05, 4.69) is 27.7 Å². The second-order valence-electron chi connectivity index (χ2n) is 9.86. The number of carbonyl (C=O) groups is 3. The molecule has 0 unspecified atom stereocenters. The molecule has 4 amide bonds. The molecule has 1 aliphatic rings. The number of urea groups is 1. The first-order valence-electron chi connectivity index (χ1n) is 13.6. The third-order valence-corrected chi connectivity index (χ3v) is 9.82. The van der Waals surface area contributed by atoms with E-state index in [1.54, 1.807) is 0 Å². The molecular weight excluding hydrogens is 562 g/mol. The summed E-state index contributed by atoms with van der Waals surface area (Å²) in [4.78, 5) is 41.0. The van der Waals surface area contributed by atoms with E-state index in [4.69, 9.17) is 5.73 Å². The van der Waals surface area contributed by atoms with Crippen LogP contribution >= 0.6 is 11.3 Å². The molecule has 4 N–H and O–H groups in total. The Morgan fingerprint density at radius 1 is 0.976 bits per heavy atom. The number of carbonyl (C=O) groups excluding carboxylic acids is 3. The highest BCUT2D eigenvalue weighted by molar-refractivity contribution is 7.89. The SMILES string of the molecule is CCCN(CCC)S(=O)(=O)c1ccc(C(=O)Nc2sc3c(c2C(=O)NC(N)=O)CCN(Cc2ccccc2)C3)cc1. The number of sulfonamides is 1. The number of benzene rings is 2. The minimum Gasteiger partial charge on any atom is -0.351 e. The summed E-state index contributed by atoms with van der Waals surface area (Å²) < 4.78 is 27.6. The van der Waals surface area contributed by atoms with Gasteiger partial charge in [0, 0.05) is 43.2 Å². The fourth-order valence-electron chi connectivity index (χ4n) is 4.89. The predicted molar refractivity (Wildman–Crippen MR) is 159 cm³/mol. The normalized spacial score (nSPS) is 13.5. The highest BCUT2D eigenvalue weighted by atomic mass is 32.2. The zero-order chi connectivity index (χ0) is 29.6. The van der Waals surface area contributed by atoms with Gasteiger partial charge in [0.05, 0.1) is 10.5 Å². The molecule has 10 nitrogen and oxygen atoms in total. The third-order valence-electron chi connectivity index (χ3n) is 6.78. The molecule has 1 aromatic heterocycles. The Bertz CT molecular complexity index is 1500. The lowest BCUT2D eigenvalue weighted by Gasteiger charge is -2.27. The van der Waals surface area contributed by atoms with E-state index in [0.717, 1.165) is 17.0 Å². The molecule has 218 valence electrons. The highest BCUT2D eigenvalue weighted by Gasteiger charge is 2.30. The number of imide groups is 1. The quantitative estimate of drug-likeness (QED) is 0.303. The van der Waals surface area contributed by atoms with Gasteiger partial charge in [-0.25, -0.2) is 13.2 Å². The van der Waals surface area contributed by atoms with Crippen molar-refractivity contribution in [3.8, 4) is 0 Å². The lowest BCUT2D eigenvalue weighted by Crippen LogP contribution is -2.36. The minimum atomic E-state index is -3.68. The van der Waals surface area contributed by atoms with Crippen LogP contribution < -0.4 is 16.4 Å². The van der Waals surface area contributed by atoms with Gasteiger partial charge in [0.2, 0.25) is 10.0 Å². The van der Waals surface area contributed by atoms with Gasteiger partial charge in [-0.15, -0.1) is 11.3 Å². The van der Waals surface area contributed by atoms with Gasteiger partial charge in [-0.1, -0.05) is 44.2 Å². The van der Waals surface area contributed by atoms with Crippen LogP contribution in [0.25, 0.3) is 0 Å². The number of amides is 4. The fourth-order valence-corrected chi connectivity index (χ4v) is 7.80. The summed E-state index contributed by atoms with van der Waals surface area (Å²) in [7, 11) is -3.68. The smallest absolute Gasteiger partial charge is 0.319 e. The summed E-state index contributed by atoms with van der Waals surface area (Å²) in [6.07, 6.45) is 1.95. The van der Waals surface area contributed by atoms with E-state index in [9.17, 15) is 22.8 Å². The number of anilines is 1. The van der Waals surface area contributed by atoms with Crippen molar-refractivity contribution in [3.63, 3.8) is 0 Å². The molecule has 0 radical (unpaired) electrons. The molecule has 0 bridgehead atoms. The van der Waals surface area contributed by atoms with Crippen molar-refractivity contribution in [1.82, 2.24) is 14.5 Å². The van der Waals surface area contributed by atoms with E-state index in [1.165, 1.54) is 45.5 Å². The van der Waals surface area contributed by atoms with Gasteiger partial charge in [0.15, 0.2) is 0 Å². The zero-order valence-electron chi connectivity index (χ0n) is 23.2. The van der Waals surface area contributed by atoms with Crippen LogP contribution in [0.15, 0.2) is 59.5 Å². The number of rotatable bonds is 11. The summed E-state index contributed by atoms with van der Waals surface area (Å²) in [5.41, 5.74) is 7.63. The number of hydrogen-bond donors (Lipinski definition) is 3. The zero-order valence-corrected chi connectivity index (χ0v) is 24.8. The lowest BCUT2D eigenvalue weighted by molar-refractivity contribution is 0.0965. The molecule has 41 heavy (non-hydrogen) atoms. The molecule has 0 fully saturated rings. The second-order valence-corrected chi connectivity index (χ2v) is 12.9. The molecule has 0 aliphatic carbocycles. The first kappa shape index (κ1) is 30.4. The Labute approximate surface area is 244 Å². The molecule has 12 heteroatoms. The van der Waals surface area contributed by atoms with Crippen LogP contribution in [-0.2, 0) is 29.5 Å². The Morgan fingerprint density at radius 2 is 1.63 bits per heavy atom. The van der Waals surface area contributed by atoms with Gasteiger partial charge >= 0.3 is 6.03 Å². The number of nitrogens with one attached hydrogen (secondary N) is 2. The van der Waals surface area contributed by atoms with Gasteiger partial charge in [0.1, 0.15) is 5.00 Å². The Kier molecular flexibility index (Phi) is 9.92. The predicted octanol–water partition coefficient (Wildman–Crippen LogP) is 4.18. The molecule has 0 saturated carbocycles. The topological polar surface area (TPSA) is 142 Å². The molecule has 0 atom stereocenters. The molecular formula is C29H35N5O5S2.